The summed E-state index contributed by atoms with van der Waals surface area (Å²) in [6.07, 6.45) is 8.36. The van der Waals surface area contributed by atoms with Gasteiger partial charge in [0.05, 0.1) is 12.2 Å². The van der Waals surface area contributed by atoms with Gasteiger partial charge in [0.1, 0.15) is 0 Å². The topological polar surface area (TPSA) is 9.23 Å². The lowest BCUT2D eigenvalue weighted by atomic mass is 9.93. The van der Waals surface area contributed by atoms with Crippen molar-refractivity contribution in [1.82, 2.24) is 0 Å². The van der Waals surface area contributed by atoms with E-state index in [0.717, 1.165) is 24.4 Å². The summed E-state index contributed by atoms with van der Waals surface area (Å²) in [5.41, 5.74) is 0.340. The monoisotopic (exact) mass is 180 g/mol. The molecule has 2 saturated carbocycles. The molecular formula is C12H20O. The maximum atomic E-state index is 6.18. The summed E-state index contributed by atoms with van der Waals surface area (Å²) in [5, 5.41) is 0. The van der Waals surface area contributed by atoms with Gasteiger partial charge in [-0.15, -0.1) is 0 Å². The minimum Gasteiger partial charge on any atom is -0.375 e. The van der Waals surface area contributed by atoms with Crippen molar-refractivity contribution in [3.8, 4) is 0 Å². The molecular weight excluding hydrogens is 160 g/mol. The van der Waals surface area contributed by atoms with E-state index in [9.17, 15) is 0 Å². The van der Waals surface area contributed by atoms with Crippen molar-refractivity contribution in [3.05, 3.63) is 0 Å². The molecule has 0 aromatic heterocycles. The zero-order valence-corrected chi connectivity index (χ0v) is 8.59. The van der Waals surface area contributed by atoms with Crippen LogP contribution in [0.2, 0.25) is 0 Å². The van der Waals surface area contributed by atoms with Gasteiger partial charge < -0.3 is 4.74 Å². The molecule has 74 valence electrons. The summed E-state index contributed by atoms with van der Waals surface area (Å²) < 4.78 is 6.18. The molecule has 0 amide bonds. The molecule has 3 rings (SSSR count). The van der Waals surface area contributed by atoms with E-state index < -0.39 is 0 Å². The third kappa shape index (κ3) is 1.41. The first-order valence-corrected chi connectivity index (χ1v) is 5.91. The molecule has 13 heavy (non-hydrogen) atoms. The van der Waals surface area contributed by atoms with Gasteiger partial charge >= 0.3 is 0 Å². The first-order valence-electron chi connectivity index (χ1n) is 5.91. The standard InChI is InChI=1S/C12H20O/c1-9-2-4-12(7-9)5-3-10-6-11(10)8-13-12/h9-11H,2-8H2,1H3/t9-,10+,11-,12+/m1/s1. The first-order chi connectivity index (χ1) is 6.27. The SMILES string of the molecule is C[C@@H]1CC[C@]2(CC[C@H]3C[C@@H]3CO2)C1. The number of ether oxygens (including phenoxy) is 1. The van der Waals surface area contributed by atoms with Gasteiger partial charge in [-0.3, -0.25) is 0 Å². The van der Waals surface area contributed by atoms with Crippen molar-refractivity contribution in [2.24, 2.45) is 17.8 Å². The molecule has 1 nitrogen and oxygen atoms in total. The molecule has 0 N–H and O–H groups in total. The molecule has 0 radical (unpaired) electrons. The van der Waals surface area contributed by atoms with Crippen LogP contribution in [0, 0.1) is 17.8 Å². The summed E-state index contributed by atoms with van der Waals surface area (Å²) in [4.78, 5) is 0. The van der Waals surface area contributed by atoms with E-state index in [1.165, 1.54) is 38.5 Å². The van der Waals surface area contributed by atoms with Gasteiger partial charge in [0.2, 0.25) is 0 Å². The van der Waals surface area contributed by atoms with E-state index in [1.807, 2.05) is 0 Å². The molecule has 1 aliphatic heterocycles. The van der Waals surface area contributed by atoms with Gasteiger partial charge in [-0.1, -0.05) is 6.92 Å². The molecule has 0 bridgehead atoms. The van der Waals surface area contributed by atoms with Gasteiger partial charge in [-0.25, -0.2) is 0 Å². The number of hydrogen-bond acceptors (Lipinski definition) is 1. The highest BCUT2D eigenvalue weighted by Gasteiger charge is 2.47. The van der Waals surface area contributed by atoms with Crippen LogP contribution in [0.1, 0.15) is 45.4 Å². The Balaban J connectivity index is 1.70. The average Bonchev–Trinajstić information content (AvgIpc) is 2.78. The molecule has 1 heteroatoms. The van der Waals surface area contributed by atoms with Gasteiger partial charge in [-0.05, 0) is 56.3 Å². The minimum absolute atomic E-state index is 0.340. The van der Waals surface area contributed by atoms with Crippen molar-refractivity contribution in [2.45, 2.75) is 51.0 Å². The van der Waals surface area contributed by atoms with Gasteiger partial charge in [-0.2, -0.15) is 0 Å². The average molecular weight is 180 g/mol. The summed E-state index contributed by atoms with van der Waals surface area (Å²) in [6, 6.07) is 0. The highest BCUT2D eigenvalue weighted by Crippen LogP contribution is 2.51. The molecule has 0 unspecified atom stereocenters. The third-order valence-electron chi connectivity index (χ3n) is 4.46. The lowest BCUT2D eigenvalue weighted by Gasteiger charge is -2.28. The van der Waals surface area contributed by atoms with Crippen molar-refractivity contribution >= 4 is 0 Å². The normalized spacial score (nSPS) is 54.7. The Morgan fingerprint density at radius 1 is 1.15 bits per heavy atom. The molecule has 3 aliphatic rings. The van der Waals surface area contributed by atoms with Crippen LogP contribution >= 0.6 is 0 Å². The fourth-order valence-corrected chi connectivity index (χ4v) is 3.38. The van der Waals surface area contributed by atoms with Gasteiger partial charge in [0.25, 0.3) is 0 Å². The number of rotatable bonds is 0. The number of fused-ring (bicyclic) bond motifs is 1. The fourth-order valence-electron chi connectivity index (χ4n) is 3.38. The molecule has 1 spiro atoms. The molecule has 1 saturated heterocycles. The Morgan fingerprint density at radius 2 is 2.00 bits per heavy atom. The highest BCUT2D eigenvalue weighted by atomic mass is 16.5. The van der Waals surface area contributed by atoms with Gasteiger partial charge in [0, 0.05) is 0 Å². The maximum absolute atomic E-state index is 6.18. The quantitative estimate of drug-likeness (QED) is 0.557. The van der Waals surface area contributed by atoms with E-state index in [2.05, 4.69) is 6.92 Å². The van der Waals surface area contributed by atoms with Crippen molar-refractivity contribution in [1.29, 1.82) is 0 Å². The molecule has 0 aromatic rings. The second-order valence-corrected chi connectivity index (χ2v) is 5.64. The highest BCUT2D eigenvalue weighted by molar-refractivity contribution is 4.97. The van der Waals surface area contributed by atoms with Crippen LogP contribution in [-0.4, -0.2) is 12.2 Å². The Labute approximate surface area is 80.8 Å². The zero-order chi connectivity index (χ0) is 8.89. The second kappa shape index (κ2) is 2.73. The van der Waals surface area contributed by atoms with E-state index in [1.54, 1.807) is 0 Å². The van der Waals surface area contributed by atoms with E-state index in [-0.39, 0.29) is 0 Å². The summed E-state index contributed by atoms with van der Waals surface area (Å²) >= 11 is 0. The van der Waals surface area contributed by atoms with Crippen LogP contribution in [0.25, 0.3) is 0 Å². The fraction of sp³-hybridized carbons (Fsp3) is 1.00. The lowest BCUT2D eigenvalue weighted by molar-refractivity contribution is -0.0466. The Hall–Kier alpha value is -0.0400. The van der Waals surface area contributed by atoms with E-state index in [0.29, 0.717) is 5.60 Å². The molecule has 0 aromatic carbocycles. The van der Waals surface area contributed by atoms with Crippen molar-refractivity contribution in [2.75, 3.05) is 6.61 Å². The van der Waals surface area contributed by atoms with Crippen LogP contribution in [0.3, 0.4) is 0 Å². The second-order valence-electron chi connectivity index (χ2n) is 5.64. The molecule has 3 fully saturated rings. The van der Waals surface area contributed by atoms with Gasteiger partial charge in [0.15, 0.2) is 0 Å². The predicted octanol–water partition coefficient (Wildman–Crippen LogP) is 2.99. The third-order valence-corrected chi connectivity index (χ3v) is 4.46. The number of hydrogen-bond donors (Lipinski definition) is 0. The Morgan fingerprint density at radius 3 is 2.77 bits per heavy atom. The van der Waals surface area contributed by atoms with E-state index in [4.69, 9.17) is 4.74 Å². The van der Waals surface area contributed by atoms with E-state index >= 15 is 0 Å². The molecule has 1 heterocycles. The largest absolute Gasteiger partial charge is 0.375 e. The Bertz CT molecular complexity index is 199. The van der Waals surface area contributed by atoms with Crippen LogP contribution in [0.5, 0.6) is 0 Å². The van der Waals surface area contributed by atoms with Crippen LogP contribution in [0.4, 0.5) is 0 Å². The maximum Gasteiger partial charge on any atom is 0.0685 e. The van der Waals surface area contributed by atoms with Crippen molar-refractivity contribution in [3.63, 3.8) is 0 Å². The summed E-state index contributed by atoms with van der Waals surface area (Å²) in [5.74, 6) is 2.92. The summed E-state index contributed by atoms with van der Waals surface area (Å²) in [7, 11) is 0. The first kappa shape index (κ1) is 8.28. The lowest BCUT2D eigenvalue weighted by Crippen LogP contribution is -2.29. The predicted molar refractivity (Wildman–Crippen MR) is 52.5 cm³/mol. The molecule has 2 aliphatic carbocycles. The summed E-state index contributed by atoms with van der Waals surface area (Å²) in [6.45, 7) is 3.46. The van der Waals surface area contributed by atoms with Crippen LogP contribution < -0.4 is 0 Å². The van der Waals surface area contributed by atoms with Crippen LogP contribution in [0.15, 0.2) is 0 Å². The zero-order valence-electron chi connectivity index (χ0n) is 8.59. The molecule has 4 atom stereocenters. The van der Waals surface area contributed by atoms with Crippen LogP contribution in [-0.2, 0) is 4.74 Å². The smallest absolute Gasteiger partial charge is 0.0685 e. The minimum atomic E-state index is 0.340. The van der Waals surface area contributed by atoms with Crippen molar-refractivity contribution < 1.29 is 4.74 Å². The Kier molecular flexibility index (Phi) is 1.74.